The number of rotatable bonds is 2. The Hall–Kier alpha value is -0.960. The molecule has 66 valence electrons. The van der Waals surface area contributed by atoms with E-state index in [2.05, 4.69) is 0 Å². The second-order valence-corrected chi connectivity index (χ2v) is 2.67. The van der Waals surface area contributed by atoms with Crippen molar-refractivity contribution in [2.45, 2.75) is 13.0 Å². The molecular formula is C9H10F2O. The zero-order chi connectivity index (χ0) is 9.14. The fraction of sp³-hybridized carbons (Fsp3) is 0.333. The quantitative estimate of drug-likeness (QED) is 0.724. The topological polar surface area (TPSA) is 20.2 Å². The maximum atomic E-state index is 12.6. The lowest BCUT2D eigenvalue weighted by Gasteiger charge is -2.09. The van der Waals surface area contributed by atoms with Crippen molar-refractivity contribution in [3.63, 3.8) is 0 Å². The number of aliphatic hydroxyl groups is 1. The van der Waals surface area contributed by atoms with Crippen molar-refractivity contribution >= 4 is 0 Å². The molecule has 0 heterocycles. The summed E-state index contributed by atoms with van der Waals surface area (Å²) in [7, 11) is 0. The molecule has 0 aromatic heterocycles. The van der Waals surface area contributed by atoms with E-state index in [1.165, 1.54) is 12.1 Å². The van der Waals surface area contributed by atoms with Crippen LogP contribution in [0.15, 0.2) is 18.2 Å². The molecule has 0 aliphatic carbocycles. The van der Waals surface area contributed by atoms with Gasteiger partial charge in [0.1, 0.15) is 18.6 Å². The summed E-state index contributed by atoms with van der Waals surface area (Å²) >= 11 is 0. The summed E-state index contributed by atoms with van der Waals surface area (Å²) in [5, 5.41) is 9.09. The minimum Gasteiger partial charge on any atom is -0.386 e. The van der Waals surface area contributed by atoms with Gasteiger partial charge in [-0.25, -0.2) is 8.78 Å². The number of hydrogen-bond acceptors (Lipinski definition) is 1. The van der Waals surface area contributed by atoms with Gasteiger partial charge in [0, 0.05) is 0 Å². The van der Waals surface area contributed by atoms with Crippen LogP contribution in [0.4, 0.5) is 8.78 Å². The standard InChI is InChI=1S/C9H10F2O/c1-6-2-3-7(11)4-8(6)9(12)5-10/h2-4,9,12H,5H2,1H3. The van der Waals surface area contributed by atoms with Crippen LogP contribution in [0, 0.1) is 12.7 Å². The Morgan fingerprint density at radius 3 is 2.75 bits per heavy atom. The SMILES string of the molecule is Cc1ccc(F)cc1C(O)CF. The Kier molecular flexibility index (Phi) is 2.76. The van der Waals surface area contributed by atoms with E-state index in [1.54, 1.807) is 6.92 Å². The Labute approximate surface area is 69.7 Å². The van der Waals surface area contributed by atoms with Gasteiger partial charge in [-0.3, -0.25) is 0 Å². The van der Waals surface area contributed by atoms with E-state index in [0.717, 1.165) is 6.07 Å². The third-order valence-electron chi connectivity index (χ3n) is 1.75. The summed E-state index contributed by atoms with van der Waals surface area (Å²) in [6, 6.07) is 3.95. The van der Waals surface area contributed by atoms with Gasteiger partial charge >= 0.3 is 0 Å². The van der Waals surface area contributed by atoms with Crippen molar-refractivity contribution in [2.75, 3.05) is 6.67 Å². The Bertz CT molecular complexity index is 273. The number of benzene rings is 1. The molecule has 0 spiro atoms. The van der Waals surface area contributed by atoms with Crippen LogP contribution in [0.25, 0.3) is 0 Å². The molecule has 0 aliphatic rings. The van der Waals surface area contributed by atoms with E-state index in [-0.39, 0.29) is 0 Å². The monoisotopic (exact) mass is 172 g/mol. The summed E-state index contributed by atoms with van der Waals surface area (Å²) in [6.45, 7) is 0.817. The Morgan fingerprint density at radius 1 is 1.50 bits per heavy atom. The Balaban J connectivity index is 3.04. The highest BCUT2D eigenvalue weighted by Crippen LogP contribution is 2.18. The minimum atomic E-state index is -1.21. The van der Waals surface area contributed by atoms with Gasteiger partial charge in [-0.05, 0) is 30.2 Å². The molecule has 1 unspecified atom stereocenters. The number of aliphatic hydroxyl groups excluding tert-OH is 1. The van der Waals surface area contributed by atoms with Crippen LogP contribution in [0.1, 0.15) is 17.2 Å². The molecule has 0 radical (unpaired) electrons. The van der Waals surface area contributed by atoms with Crippen LogP contribution in [-0.2, 0) is 0 Å². The van der Waals surface area contributed by atoms with E-state index in [1.807, 2.05) is 0 Å². The van der Waals surface area contributed by atoms with Crippen molar-refractivity contribution in [1.82, 2.24) is 0 Å². The van der Waals surface area contributed by atoms with Crippen LogP contribution in [-0.4, -0.2) is 11.8 Å². The van der Waals surface area contributed by atoms with Crippen molar-refractivity contribution in [3.05, 3.63) is 35.1 Å². The van der Waals surface area contributed by atoms with Gasteiger partial charge in [0.2, 0.25) is 0 Å². The summed E-state index contributed by atoms with van der Waals surface area (Å²) in [4.78, 5) is 0. The lowest BCUT2D eigenvalue weighted by Crippen LogP contribution is -2.02. The van der Waals surface area contributed by atoms with E-state index in [0.29, 0.717) is 11.1 Å². The lowest BCUT2D eigenvalue weighted by molar-refractivity contribution is 0.141. The molecule has 1 atom stereocenters. The highest BCUT2D eigenvalue weighted by Gasteiger charge is 2.10. The van der Waals surface area contributed by atoms with Crippen molar-refractivity contribution in [3.8, 4) is 0 Å². The van der Waals surface area contributed by atoms with Crippen molar-refractivity contribution < 1.29 is 13.9 Å². The summed E-state index contributed by atoms with van der Waals surface area (Å²) in [5.41, 5.74) is 1.01. The molecule has 1 rings (SSSR count). The predicted octanol–water partition coefficient (Wildman–Crippen LogP) is 2.14. The maximum absolute atomic E-state index is 12.6. The predicted molar refractivity (Wildman–Crippen MR) is 42.1 cm³/mol. The Morgan fingerprint density at radius 2 is 2.17 bits per heavy atom. The average Bonchev–Trinajstić information content (AvgIpc) is 2.08. The van der Waals surface area contributed by atoms with Crippen LogP contribution in [0.5, 0.6) is 0 Å². The fourth-order valence-corrected chi connectivity index (χ4v) is 1.05. The third-order valence-corrected chi connectivity index (χ3v) is 1.75. The van der Waals surface area contributed by atoms with Crippen molar-refractivity contribution in [1.29, 1.82) is 0 Å². The molecule has 0 fully saturated rings. The minimum absolute atomic E-state index is 0.317. The summed E-state index contributed by atoms with van der Waals surface area (Å²) in [5.74, 6) is -0.455. The molecule has 12 heavy (non-hydrogen) atoms. The van der Waals surface area contributed by atoms with E-state index >= 15 is 0 Å². The first kappa shape index (κ1) is 9.13. The maximum Gasteiger partial charge on any atom is 0.123 e. The van der Waals surface area contributed by atoms with Gasteiger partial charge in [-0.15, -0.1) is 0 Å². The van der Waals surface area contributed by atoms with Crippen LogP contribution < -0.4 is 0 Å². The number of aryl methyl sites for hydroxylation is 1. The number of alkyl halides is 1. The molecule has 0 saturated carbocycles. The zero-order valence-corrected chi connectivity index (χ0v) is 6.72. The van der Waals surface area contributed by atoms with Crippen LogP contribution >= 0.6 is 0 Å². The normalized spacial score (nSPS) is 13.0. The number of hydrogen-bond donors (Lipinski definition) is 1. The molecule has 3 heteroatoms. The summed E-state index contributed by atoms with van der Waals surface area (Å²) < 4.78 is 24.6. The average molecular weight is 172 g/mol. The first-order chi connectivity index (χ1) is 5.65. The molecule has 1 N–H and O–H groups in total. The fourth-order valence-electron chi connectivity index (χ4n) is 1.05. The van der Waals surface area contributed by atoms with Crippen LogP contribution in [0.3, 0.4) is 0 Å². The molecular weight excluding hydrogens is 162 g/mol. The molecule has 0 saturated heterocycles. The van der Waals surface area contributed by atoms with Gasteiger partial charge in [-0.2, -0.15) is 0 Å². The molecule has 0 bridgehead atoms. The molecule has 1 aromatic carbocycles. The largest absolute Gasteiger partial charge is 0.386 e. The van der Waals surface area contributed by atoms with Crippen LogP contribution in [0.2, 0.25) is 0 Å². The van der Waals surface area contributed by atoms with Crippen molar-refractivity contribution in [2.24, 2.45) is 0 Å². The molecule has 1 nitrogen and oxygen atoms in total. The van der Waals surface area contributed by atoms with E-state index < -0.39 is 18.6 Å². The molecule has 1 aromatic rings. The van der Waals surface area contributed by atoms with E-state index in [9.17, 15) is 8.78 Å². The second kappa shape index (κ2) is 3.63. The van der Waals surface area contributed by atoms with Gasteiger partial charge in [0.25, 0.3) is 0 Å². The van der Waals surface area contributed by atoms with Gasteiger partial charge in [-0.1, -0.05) is 6.07 Å². The molecule has 0 amide bonds. The van der Waals surface area contributed by atoms with Gasteiger partial charge in [0.15, 0.2) is 0 Å². The third kappa shape index (κ3) is 1.80. The van der Waals surface area contributed by atoms with Gasteiger partial charge < -0.3 is 5.11 Å². The molecule has 0 aliphatic heterocycles. The summed E-state index contributed by atoms with van der Waals surface area (Å²) in [6.07, 6.45) is -1.21. The number of halogens is 2. The second-order valence-electron chi connectivity index (χ2n) is 2.67. The first-order valence-corrected chi connectivity index (χ1v) is 3.65. The zero-order valence-electron chi connectivity index (χ0n) is 6.72. The first-order valence-electron chi connectivity index (χ1n) is 3.65. The highest BCUT2D eigenvalue weighted by atomic mass is 19.1. The van der Waals surface area contributed by atoms with Gasteiger partial charge in [0.05, 0.1) is 0 Å². The van der Waals surface area contributed by atoms with E-state index in [4.69, 9.17) is 5.11 Å². The lowest BCUT2D eigenvalue weighted by atomic mass is 10.0. The smallest absolute Gasteiger partial charge is 0.123 e. The highest BCUT2D eigenvalue weighted by molar-refractivity contribution is 5.28.